The molecule has 7 heteroatoms. The number of hydrogen-bond donors (Lipinski definition) is 1. The first kappa shape index (κ1) is 19.5. The molecule has 134 valence electrons. The van der Waals surface area contributed by atoms with Crippen molar-refractivity contribution >= 4 is 40.6 Å². The molecular weight excluding hydrogens is 354 g/mol. The summed E-state index contributed by atoms with van der Waals surface area (Å²) in [6, 6.07) is 7.61. The average molecular weight is 378 g/mol. The van der Waals surface area contributed by atoms with Crippen molar-refractivity contribution in [1.82, 2.24) is 9.88 Å². The van der Waals surface area contributed by atoms with Crippen molar-refractivity contribution in [1.29, 1.82) is 0 Å². The number of carbonyl (C=O) groups is 2. The Morgan fingerprint density at radius 3 is 2.68 bits per heavy atom. The summed E-state index contributed by atoms with van der Waals surface area (Å²) in [4.78, 5) is 30.7. The molecule has 0 radical (unpaired) electrons. The molecule has 1 heterocycles. The number of hydrogen-bond acceptors (Lipinski definition) is 5. The van der Waals surface area contributed by atoms with Crippen LogP contribution in [-0.2, 0) is 9.59 Å². The lowest BCUT2D eigenvalue weighted by atomic mass is 10.2. The number of benzene rings is 1. The molecule has 0 fully saturated rings. The van der Waals surface area contributed by atoms with E-state index < -0.39 is 0 Å². The maximum absolute atomic E-state index is 12.5. The summed E-state index contributed by atoms with van der Waals surface area (Å²) < 4.78 is 0.881. The topological polar surface area (TPSA) is 62.3 Å². The molecule has 0 atom stereocenters. The van der Waals surface area contributed by atoms with Crippen LogP contribution >= 0.6 is 23.1 Å². The Morgan fingerprint density at radius 1 is 1.28 bits per heavy atom. The molecule has 2 amide bonds. The van der Waals surface area contributed by atoms with E-state index >= 15 is 0 Å². The summed E-state index contributed by atoms with van der Waals surface area (Å²) in [5.41, 5.74) is 2.74. The molecule has 0 spiro atoms. The van der Waals surface area contributed by atoms with E-state index in [1.807, 2.05) is 50.4 Å². The molecule has 1 aromatic heterocycles. The Labute approximate surface area is 156 Å². The van der Waals surface area contributed by atoms with Crippen molar-refractivity contribution < 1.29 is 9.59 Å². The quantitative estimate of drug-likeness (QED) is 0.712. The zero-order valence-electron chi connectivity index (χ0n) is 14.7. The Bertz CT molecular complexity index is 731. The van der Waals surface area contributed by atoms with E-state index in [-0.39, 0.29) is 18.4 Å². The zero-order valence-corrected chi connectivity index (χ0v) is 16.4. The Kier molecular flexibility index (Phi) is 7.46. The van der Waals surface area contributed by atoms with Gasteiger partial charge in [0.25, 0.3) is 0 Å². The summed E-state index contributed by atoms with van der Waals surface area (Å²) in [6.45, 7) is 6.51. The number of nitrogens with zero attached hydrogens (tertiary/aromatic N) is 2. The number of rotatable bonds is 8. The fourth-order valence-electron chi connectivity index (χ4n) is 2.25. The lowest BCUT2D eigenvalue weighted by Gasteiger charge is -2.21. The molecule has 0 aliphatic rings. The van der Waals surface area contributed by atoms with E-state index in [0.717, 1.165) is 27.7 Å². The molecule has 25 heavy (non-hydrogen) atoms. The van der Waals surface area contributed by atoms with E-state index in [2.05, 4.69) is 10.3 Å². The van der Waals surface area contributed by atoms with Crippen LogP contribution in [0.4, 0.5) is 5.69 Å². The monoisotopic (exact) mass is 377 g/mol. The molecule has 0 bridgehead atoms. The highest BCUT2D eigenvalue weighted by Crippen LogP contribution is 2.22. The van der Waals surface area contributed by atoms with E-state index in [0.29, 0.717) is 12.3 Å². The van der Waals surface area contributed by atoms with Crippen LogP contribution in [0.2, 0.25) is 0 Å². The molecule has 0 aliphatic heterocycles. The van der Waals surface area contributed by atoms with Gasteiger partial charge in [-0.15, -0.1) is 11.3 Å². The van der Waals surface area contributed by atoms with Gasteiger partial charge < -0.3 is 10.2 Å². The first-order valence-corrected chi connectivity index (χ1v) is 10.0. The van der Waals surface area contributed by atoms with Crippen LogP contribution in [0.5, 0.6) is 0 Å². The highest BCUT2D eigenvalue weighted by atomic mass is 32.2. The van der Waals surface area contributed by atoms with Gasteiger partial charge in [-0.1, -0.05) is 36.9 Å². The first-order chi connectivity index (χ1) is 12.0. The fourth-order valence-corrected chi connectivity index (χ4v) is 4.00. The van der Waals surface area contributed by atoms with Gasteiger partial charge in [0, 0.05) is 23.3 Å². The number of nitrogens with one attached hydrogen (secondary N) is 1. The number of aromatic nitrogens is 1. The van der Waals surface area contributed by atoms with Crippen LogP contribution in [0, 0.1) is 13.8 Å². The molecule has 1 aromatic carbocycles. The van der Waals surface area contributed by atoms with Gasteiger partial charge in [0.15, 0.2) is 4.34 Å². The van der Waals surface area contributed by atoms with E-state index in [4.69, 9.17) is 0 Å². The predicted molar refractivity (Wildman–Crippen MR) is 104 cm³/mol. The summed E-state index contributed by atoms with van der Waals surface area (Å²) in [7, 11) is 0. The molecule has 0 aliphatic carbocycles. The smallest absolute Gasteiger partial charge is 0.244 e. The third-order valence-corrected chi connectivity index (χ3v) is 5.64. The van der Waals surface area contributed by atoms with Crippen LogP contribution in [0.1, 0.15) is 24.6 Å². The maximum atomic E-state index is 12.5. The highest BCUT2D eigenvalue weighted by molar-refractivity contribution is 8.01. The minimum absolute atomic E-state index is 0.0420. The largest absolute Gasteiger partial charge is 0.333 e. The average Bonchev–Trinajstić information content (AvgIpc) is 3.00. The minimum atomic E-state index is -0.175. The Hall–Kier alpha value is -1.86. The van der Waals surface area contributed by atoms with E-state index in [9.17, 15) is 9.59 Å². The van der Waals surface area contributed by atoms with Crippen LogP contribution in [0.3, 0.4) is 0 Å². The van der Waals surface area contributed by atoms with Gasteiger partial charge in [-0.25, -0.2) is 4.98 Å². The molecule has 0 unspecified atom stereocenters. The number of amides is 2. The Balaban J connectivity index is 1.91. The fraction of sp³-hybridized carbons (Fsp3) is 0.389. The molecule has 0 saturated heterocycles. The lowest BCUT2D eigenvalue weighted by molar-refractivity contribution is -0.132. The highest BCUT2D eigenvalue weighted by Gasteiger charge is 2.17. The molecular formula is C18H23N3O2S2. The number of thioether (sulfide) groups is 1. The summed E-state index contributed by atoms with van der Waals surface area (Å²) >= 11 is 2.96. The second-order valence-corrected chi connectivity index (χ2v) is 7.80. The second kappa shape index (κ2) is 9.58. The van der Waals surface area contributed by atoms with E-state index in [1.54, 1.807) is 4.90 Å². The first-order valence-electron chi connectivity index (χ1n) is 8.17. The second-order valence-electron chi connectivity index (χ2n) is 5.72. The van der Waals surface area contributed by atoms with Gasteiger partial charge in [0.1, 0.15) is 0 Å². The van der Waals surface area contributed by atoms with Gasteiger partial charge in [0.2, 0.25) is 11.8 Å². The van der Waals surface area contributed by atoms with Crippen molar-refractivity contribution in [3.63, 3.8) is 0 Å². The number of carbonyl (C=O) groups excluding carboxylic acids is 2. The normalized spacial score (nSPS) is 10.5. The number of para-hydroxylation sites is 1. The molecule has 2 rings (SSSR count). The maximum Gasteiger partial charge on any atom is 0.244 e. The predicted octanol–water partition coefficient (Wildman–Crippen LogP) is 3.73. The van der Waals surface area contributed by atoms with Gasteiger partial charge in [-0.05, 0) is 31.9 Å². The van der Waals surface area contributed by atoms with E-state index in [1.165, 1.54) is 23.1 Å². The number of anilines is 1. The summed E-state index contributed by atoms with van der Waals surface area (Å²) in [5.74, 6) is 0.0794. The van der Waals surface area contributed by atoms with Gasteiger partial charge in [-0.2, -0.15) is 0 Å². The summed E-state index contributed by atoms with van der Waals surface area (Å²) in [5, 5.41) is 4.85. The number of thiazole rings is 1. The van der Waals surface area contributed by atoms with Crippen molar-refractivity contribution in [3.05, 3.63) is 40.9 Å². The minimum Gasteiger partial charge on any atom is -0.333 e. The van der Waals surface area contributed by atoms with Gasteiger partial charge in [0.05, 0.1) is 12.3 Å². The molecule has 0 saturated carbocycles. The van der Waals surface area contributed by atoms with Crippen molar-refractivity contribution in [2.75, 3.05) is 24.2 Å². The van der Waals surface area contributed by atoms with Crippen molar-refractivity contribution in [2.24, 2.45) is 0 Å². The standard InChI is InChI=1S/C18H23N3O2S2/c1-4-9-21(17(23)12-25-18-19-14(3)11-24-18)10-16(22)20-15-8-6-5-7-13(15)2/h5-8,11H,4,9-10,12H2,1-3H3,(H,20,22). The van der Waals surface area contributed by atoms with Crippen LogP contribution in [0.25, 0.3) is 0 Å². The van der Waals surface area contributed by atoms with Gasteiger partial charge in [-0.3, -0.25) is 9.59 Å². The van der Waals surface area contributed by atoms with Crippen molar-refractivity contribution in [3.8, 4) is 0 Å². The summed E-state index contributed by atoms with van der Waals surface area (Å²) in [6.07, 6.45) is 0.810. The molecule has 2 aromatic rings. The van der Waals surface area contributed by atoms with Crippen LogP contribution in [0.15, 0.2) is 34.0 Å². The van der Waals surface area contributed by atoms with Crippen LogP contribution < -0.4 is 5.32 Å². The van der Waals surface area contributed by atoms with Crippen molar-refractivity contribution in [2.45, 2.75) is 31.5 Å². The van der Waals surface area contributed by atoms with Crippen LogP contribution in [-0.4, -0.2) is 40.5 Å². The molecule has 1 N–H and O–H groups in total. The van der Waals surface area contributed by atoms with Gasteiger partial charge >= 0.3 is 0 Å². The third kappa shape index (κ3) is 6.17. The number of aryl methyl sites for hydroxylation is 2. The lowest BCUT2D eigenvalue weighted by Crippen LogP contribution is -2.39. The third-order valence-electron chi connectivity index (χ3n) is 3.52. The Morgan fingerprint density at radius 2 is 2.04 bits per heavy atom. The SMILES string of the molecule is CCCN(CC(=O)Nc1ccccc1C)C(=O)CSc1nc(C)cs1. The molecule has 5 nitrogen and oxygen atoms in total. The zero-order chi connectivity index (χ0) is 18.2.